The summed E-state index contributed by atoms with van der Waals surface area (Å²) in [5.41, 5.74) is 1.02. The van der Waals surface area contributed by atoms with Crippen LogP contribution in [0.2, 0.25) is 0 Å². The first-order valence-electron chi connectivity index (χ1n) is 7.20. The third-order valence-corrected chi connectivity index (χ3v) is 5.57. The van der Waals surface area contributed by atoms with Crippen molar-refractivity contribution in [3.05, 3.63) is 29.6 Å². The van der Waals surface area contributed by atoms with Gasteiger partial charge >= 0.3 is 0 Å². The summed E-state index contributed by atoms with van der Waals surface area (Å²) in [5.74, 6) is 0.355. The van der Waals surface area contributed by atoms with Crippen LogP contribution in [0.1, 0.15) is 45.1 Å². The Bertz CT molecular complexity index is 578. The molecule has 1 aromatic rings. The number of hydrogen-bond donors (Lipinski definition) is 0. The van der Waals surface area contributed by atoms with Gasteiger partial charge in [-0.1, -0.05) is 10.5 Å². The third-order valence-electron chi connectivity index (χ3n) is 4.21. The second-order valence-electron chi connectivity index (χ2n) is 6.93. The van der Waals surface area contributed by atoms with Gasteiger partial charge in [0.25, 0.3) is 0 Å². The quantitative estimate of drug-likeness (QED) is 0.619. The highest BCUT2D eigenvalue weighted by Gasteiger charge is 2.53. The molecule has 0 aromatic heterocycles. The van der Waals surface area contributed by atoms with Gasteiger partial charge in [0, 0.05) is 23.0 Å². The predicted molar refractivity (Wildman–Crippen MR) is 82.7 cm³/mol. The molecule has 2 atom stereocenters. The van der Waals surface area contributed by atoms with Gasteiger partial charge in [-0.05, 0) is 39.7 Å². The maximum Gasteiger partial charge on any atom is 0.144 e. The molecule has 114 valence electrons. The van der Waals surface area contributed by atoms with E-state index < -0.39 is 11.4 Å². The second kappa shape index (κ2) is 4.99. The van der Waals surface area contributed by atoms with E-state index in [2.05, 4.69) is 4.40 Å². The molecule has 0 radical (unpaired) electrons. The summed E-state index contributed by atoms with van der Waals surface area (Å²) >= 11 is -1.27. The number of nitrogens with zero attached hydrogens (tertiary/aromatic N) is 1. The molecule has 2 aliphatic rings. The van der Waals surface area contributed by atoms with Gasteiger partial charge in [0.1, 0.15) is 27.7 Å². The van der Waals surface area contributed by atoms with Crippen molar-refractivity contribution >= 4 is 17.6 Å². The number of ether oxygens (including phenoxy) is 1. The van der Waals surface area contributed by atoms with Crippen molar-refractivity contribution < 1.29 is 13.7 Å². The van der Waals surface area contributed by atoms with Crippen molar-refractivity contribution in [1.82, 2.24) is 0 Å². The van der Waals surface area contributed by atoms with Gasteiger partial charge in [-0.3, -0.25) is 0 Å². The highest BCUT2D eigenvalue weighted by atomic mass is 32.2. The van der Waals surface area contributed by atoms with E-state index in [0.717, 1.165) is 18.4 Å². The molecule has 1 saturated carbocycles. The van der Waals surface area contributed by atoms with Gasteiger partial charge in [0.2, 0.25) is 0 Å². The number of hydrogen-bond acceptors (Lipinski definition) is 3. The molecular weight excluding hydrogens is 289 g/mol. The maximum atomic E-state index is 13.3. The first kappa shape index (κ1) is 14.9. The summed E-state index contributed by atoms with van der Waals surface area (Å²) in [4.78, 5) is 0. The van der Waals surface area contributed by atoms with Crippen LogP contribution in [0, 0.1) is 11.2 Å². The normalized spacial score (nSPS) is 24.7. The SMILES string of the molecule is CC(C)(C)[S+]([O-])N=CC1c2ccc(F)cc2OCC12CC2. The van der Waals surface area contributed by atoms with E-state index in [0.29, 0.717) is 12.4 Å². The number of benzene rings is 1. The Balaban J connectivity index is 1.91. The van der Waals surface area contributed by atoms with Crippen molar-refractivity contribution in [3.63, 3.8) is 0 Å². The highest BCUT2D eigenvalue weighted by molar-refractivity contribution is 7.91. The summed E-state index contributed by atoms with van der Waals surface area (Å²) in [6.07, 6.45) is 3.94. The van der Waals surface area contributed by atoms with E-state index in [9.17, 15) is 8.94 Å². The van der Waals surface area contributed by atoms with Gasteiger partial charge in [0.05, 0.1) is 12.8 Å². The fraction of sp³-hybridized carbons (Fsp3) is 0.562. The number of halogens is 1. The Labute approximate surface area is 127 Å². The van der Waals surface area contributed by atoms with Crippen LogP contribution in [0.3, 0.4) is 0 Å². The van der Waals surface area contributed by atoms with E-state index in [4.69, 9.17) is 4.74 Å². The summed E-state index contributed by atoms with van der Waals surface area (Å²) in [6, 6.07) is 4.64. The Kier molecular flexibility index (Phi) is 3.53. The van der Waals surface area contributed by atoms with Gasteiger partial charge < -0.3 is 9.29 Å². The minimum atomic E-state index is -1.27. The zero-order valence-corrected chi connectivity index (χ0v) is 13.4. The minimum Gasteiger partial charge on any atom is -0.591 e. The standard InChI is InChI=1S/C16H20FNO2S/c1-15(2,3)21(19)18-9-13-12-5-4-11(17)8-14(12)20-10-16(13)6-7-16/h4-5,8-9,13H,6-7,10H2,1-3H3. The summed E-state index contributed by atoms with van der Waals surface area (Å²) in [5, 5.41) is 0. The molecule has 0 N–H and O–H groups in total. The molecule has 3 rings (SSSR count). The van der Waals surface area contributed by atoms with Gasteiger partial charge in [-0.25, -0.2) is 4.39 Å². The molecule has 1 heterocycles. The Morgan fingerprint density at radius 2 is 2.14 bits per heavy atom. The van der Waals surface area contributed by atoms with Crippen molar-refractivity contribution in [1.29, 1.82) is 0 Å². The summed E-state index contributed by atoms with van der Waals surface area (Å²) in [6.45, 7) is 6.30. The lowest BCUT2D eigenvalue weighted by molar-refractivity contribution is 0.198. The maximum absolute atomic E-state index is 13.3. The van der Waals surface area contributed by atoms with Crippen molar-refractivity contribution in [2.24, 2.45) is 9.81 Å². The second-order valence-corrected chi connectivity index (χ2v) is 8.86. The number of rotatable bonds is 2. The van der Waals surface area contributed by atoms with Crippen LogP contribution in [-0.2, 0) is 11.4 Å². The molecule has 0 saturated heterocycles. The first-order valence-corrected chi connectivity index (χ1v) is 8.31. The first-order chi connectivity index (χ1) is 9.82. The Morgan fingerprint density at radius 1 is 1.43 bits per heavy atom. The lowest BCUT2D eigenvalue weighted by Gasteiger charge is -2.31. The Morgan fingerprint density at radius 3 is 2.76 bits per heavy atom. The molecule has 0 bridgehead atoms. The third kappa shape index (κ3) is 2.81. The van der Waals surface area contributed by atoms with Gasteiger partial charge in [-0.2, -0.15) is 0 Å². The van der Waals surface area contributed by atoms with Crippen LogP contribution < -0.4 is 4.74 Å². The van der Waals surface area contributed by atoms with Crippen molar-refractivity contribution in [2.75, 3.05) is 6.61 Å². The average Bonchev–Trinajstić information content (AvgIpc) is 3.17. The molecule has 1 aromatic carbocycles. The van der Waals surface area contributed by atoms with Crippen LogP contribution >= 0.6 is 0 Å². The van der Waals surface area contributed by atoms with E-state index in [-0.39, 0.29) is 21.9 Å². The Hall–Kier alpha value is -1.07. The van der Waals surface area contributed by atoms with E-state index in [1.807, 2.05) is 20.8 Å². The van der Waals surface area contributed by atoms with E-state index in [1.54, 1.807) is 12.3 Å². The molecule has 1 fully saturated rings. The molecular formula is C16H20FNO2S. The summed E-state index contributed by atoms with van der Waals surface area (Å²) in [7, 11) is 0. The van der Waals surface area contributed by atoms with Gasteiger partial charge in [-0.15, -0.1) is 0 Å². The molecule has 5 heteroatoms. The van der Waals surface area contributed by atoms with Crippen LogP contribution in [0.5, 0.6) is 5.75 Å². The van der Waals surface area contributed by atoms with Gasteiger partial charge in [0.15, 0.2) is 0 Å². The van der Waals surface area contributed by atoms with E-state index in [1.165, 1.54) is 12.1 Å². The lowest BCUT2D eigenvalue weighted by Crippen LogP contribution is -2.30. The largest absolute Gasteiger partial charge is 0.591 e. The molecule has 1 aliphatic carbocycles. The number of fused-ring (bicyclic) bond motifs is 1. The predicted octanol–water partition coefficient (Wildman–Crippen LogP) is 3.61. The van der Waals surface area contributed by atoms with Crippen LogP contribution in [0.4, 0.5) is 4.39 Å². The lowest BCUT2D eigenvalue weighted by atomic mass is 9.82. The van der Waals surface area contributed by atoms with Crippen LogP contribution in [-0.4, -0.2) is 22.1 Å². The van der Waals surface area contributed by atoms with Crippen molar-refractivity contribution in [2.45, 2.75) is 44.3 Å². The molecule has 1 spiro atoms. The molecule has 21 heavy (non-hydrogen) atoms. The monoisotopic (exact) mass is 309 g/mol. The summed E-state index contributed by atoms with van der Waals surface area (Å²) < 4.78 is 35.1. The van der Waals surface area contributed by atoms with E-state index >= 15 is 0 Å². The zero-order valence-electron chi connectivity index (χ0n) is 12.6. The highest BCUT2D eigenvalue weighted by Crippen LogP contribution is 2.59. The topological polar surface area (TPSA) is 44.7 Å². The zero-order chi connectivity index (χ0) is 15.3. The fourth-order valence-corrected chi connectivity index (χ4v) is 3.21. The minimum absolute atomic E-state index is 0.0631. The molecule has 0 amide bonds. The fourth-order valence-electron chi connectivity index (χ4n) is 2.66. The van der Waals surface area contributed by atoms with Crippen LogP contribution in [0.15, 0.2) is 22.6 Å². The average molecular weight is 309 g/mol. The molecule has 2 unspecified atom stereocenters. The molecule has 1 aliphatic heterocycles. The smallest absolute Gasteiger partial charge is 0.144 e. The van der Waals surface area contributed by atoms with Crippen molar-refractivity contribution in [3.8, 4) is 5.75 Å². The van der Waals surface area contributed by atoms with Crippen LogP contribution in [0.25, 0.3) is 0 Å². The molecule has 3 nitrogen and oxygen atoms in total.